The number of aliphatic carboxylic acids is 1. The van der Waals surface area contributed by atoms with Crippen molar-refractivity contribution in [1.29, 1.82) is 0 Å². The fraction of sp³-hybridized carbons (Fsp3) is 0.786. The topological polar surface area (TPSA) is 86.5 Å². The van der Waals surface area contributed by atoms with Gasteiger partial charge in [0.05, 0.1) is 18.8 Å². The third-order valence-corrected chi connectivity index (χ3v) is 3.42. The third-order valence-electron chi connectivity index (χ3n) is 3.42. The van der Waals surface area contributed by atoms with E-state index in [1.165, 1.54) is 0 Å². The van der Waals surface area contributed by atoms with Gasteiger partial charge in [0.25, 0.3) is 0 Å². The molecule has 7 nitrogen and oxygen atoms in total. The maximum absolute atomic E-state index is 10.4. The van der Waals surface area contributed by atoms with Crippen molar-refractivity contribution in [2.24, 2.45) is 0 Å². The van der Waals surface area contributed by atoms with Crippen molar-refractivity contribution in [2.75, 3.05) is 13.2 Å². The lowest BCUT2D eigenvalue weighted by Gasteiger charge is -2.22. The largest absolute Gasteiger partial charge is 0.481 e. The smallest absolute Gasteiger partial charge is 0.303 e. The molecule has 0 amide bonds. The van der Waals surface area contributed by atoms with Crippen molar-refractivity contribution >= 4 is 5.97 Å². The minimum Gasteiger partial charge on any atom is -0.481 e. The molecule has 7 heteroatoms. The van der Waals surface area contributed by atoms with Crippen molar-refractivity contribution in [3.05, 3.63) is 11.9 Å². The summed E-state index contributed by atoms with van der Waals surface area (Å²) in [5, 5.41) is 16.7. The predicted octanol–water partition coefficient (Wildman–Crippen LogP) is 1.62. The zero-order valence-corrected chi connectivity index (χ0v) is 12.2. The minimum atomic E-state index is -0.749. The Balaban J connectivity index is 1.59. The molecule has 1 aliphatic heterocycles. The number of carbonyl (C=O) groups is 1. The van der Waals surface area contributed by atoms with Gasteiger partial charge in [0.15, 0.2) is 6.29 Å². The summed E-state index contributed by atoms with van der Waals surface area (Å²) < 4.78 is 12.9. The number of nitrogens with zero attached hydrogens (tertiary/aromatic N) is 3. The van der Waals surface area contributed by atoms with Crippen molar-refractivity contribution in [2.45, 2.75) is 57.8 Å². The van der Waals surface area contributed by atoms with Crippen LogP contribution >= 0.6 is 0 Å². The molecule has 1 aromatic rings. The van der Waals surface area contributed by atoms with E-state index in [0.29, 0.717) is 19.6 Å². The highest BCUT2D eigenvalue weighted by atomic mass is 16.7. The summed E-state index contributed by atoms with van der Waals surface area (Å²) in [6.07, 6.45) is 7.53. The first kappa shape index (κ1) is 15.9. The fourth-order valence-corrected chi connectivity index (χ4v) is 2.27. The first-order valence-electron chi connectivity index (χ1n) is 7.58. The molecule has 1 fully saturated rings. The van der Waals surface area contributed by atoms with Crippen LogP contribution in [-0.2, 0) is 27.2 Å². The third kappa shape index (κ3) is 6.22. The van der Waals surface area contributed by atoms with E-state index >= 15 is 0 Å². The van der Waals surface area contributed by atoms with Crippen LogP contribution in [0.2, 0.25) is 0 Å². The van der Waals surface area contributed by atoms with Gasteiger partial charge in [-0.1, -0.05) is 5.21 Å². The summed E-state index contributed by atoms with van der Waals surface area (Å²) >= 11 is 0. The molecule has 0 aliphatic carbocycles. The summed E-state index contributed by atoms with van der Waals surface area (Å²) in [6, 6.07) is 0. The van der Waals surface area contributed by atoms with Crippen LogP contribution in [0.25, 0.3) is 0 Å². The second-order valence-corrected chi connectivity index (χ2v) is 5.24. The first-order chi connectivity index (χ1) is 10.2. The van der Waals surface area contributed by atoms with E-state index in [-0.39, 0.29) is 12.7 Å². The van der Waals surface area contributed by atoms with Crippen molar-refractivity contribution in [1.82, 2.24) is 15.0 Å². The molecule has 2 heterocycles. The van der Waals surface area contributed by atoms with Gasteiger partial charge in [-0.3, -0.25) is 4.79 Å². The summed E-state index contributed by atoms with van der Waals surface area (Å²) in [4.78, 5) is 10.4. The van der Waals surface area contributed by atoms with Gasteiger partial charge in [-0.15, -0.1) is 5.10 Å². The number of hydrogen-bond acceptors (Lipinski definition) is 5. The van der Waals surface area contributed by atoms with Gasteiger partial charge in [0, 0.05) is 19.2 Å². The highest BCUT2D eigenvalue weighted by Gasteiger charge is 2.13. The fourth-order valence-electron chi connectivity index (χ4n) is 2.27. The molecule has 0 radical (unpaired) electrons. The van der Waals surface area contributed by atoms with Gasteiger partial charge in [0.2, 0.25) is 0 Å². The first-order valence-corrected chi connectivity index (χ1v) is 7.58. The lowest BCUT2D eigenvalue weighted by Crippen LogP contribution is -2.24. The zero-order chi connectivity index (χ0) is 14.9. The van der Waals surface area contributed by atoms with Crippen LogP contribution in [-0.4, -0.2) is 45.6 Å². The van der Waals surface area contributed by atoms with E-state index in [1.54, 1.807) is 4.68 Å². The summed E-state index contributed by atoms with van der Waals surface area (Å²) in [5.41, 5.74) is 0.898. The Morgan fingerprint density at radius 2 is 2.38 bits per heavy atom. The molecule has 1 atom stereocenters. The van der Waals surface area contributed by atoms with Gasteiger partial charge in [-0.25, -0.2) is 4.68 Å². The number of aromatic nitrogens is 3. The Morgan fingerprint density at radius 3 is 3.14 bits per heavy atom. The molecule has 1 aromatic heterocycles. The van der Waals surface area contributed by atoms with Crippen LogP contribution in [0, 0.1) is 0 Å². The number of aryl methyl sites for hydroxylation is 1. The van der Waals surface area contributed by atoms with E-state index < -0.39 is 5.97 Å². The lowest BCUT2D eigenvalue weighted by atomic mass is 10.1. The summed E-state index contributed by atoms with van der Waals surface area (Å²) in [7, 11) is 0. The monoisotopic (exact) mass is 297 g/mol. The van der Waals surface area contributed by atoms with Crippen LogP contribution in [0.4, 0.5) is 0 Å². The number of hydrogen-bond donors (Lipinski definition) is 1. The maximum Gasteiger partial charge on any atom is 0.303 e. The number of unbranched alkanes of at least 4 members (excludes halogenated alkanes) is 1. The van der Waals surface area contributed by atoms with Gasteiger partial charge < -0.3 is 14.6 Å². The number of ether oxygens (including phenoxy) is 2. The molecule has 0 bridgehead atoms. The Kier molecular flexibility index (Phi) is 6.62. The van der Waals surface area contributed by atoms with E-state index in [2.05, 4.69) is 10.3 Å². The van der Waals surface area contributed by atoms with Crippen molar-refractivity contribution in [3.63, 3.8) is 0 Å². The molecule has 21 heavy (non-hydrogen) atoms. The van der Waals surface area contributed by atoms with Crippen LogP contribution in [0.3, 0.4) is 0 Å². The van der Waals surface area contributed by atoms with E-state index in [1.807, 2.05) is 6.20 Å². The summed E-state index contributed by atoms with van der Waals surface area (Å²) in [5.74, 6) is -0.749. The van der Waals surface area contributed by atoms with E-state index in [4.69, 9.17) is 14.6 Å². The molecular formula is C14H23N3O4. The molecule has 0 aromatic carbocycles. The highest BCUT2D eigenvalue weighted by Crippen LogP contribution is 2.13. The van der Waals surface area contributed by atoms with Crippen LogP contribution in [0.5, 0.6) is 0 Å². The normalized spacial score (nSPS) is 18.8. The van der Waals surface area contributed by atoms with Crippen molar-refractivity contribution < 1.29 is 19.4 Å². The van der Waals surface area contributed by atoms with Crippen LogP contribution < -0.4 is 0 Å². The van der Waals surface area contributed by atoms with E-state index in [9.17, 15) is 4.79 Å². The Hall–Kier alpha value is -1.47. The van der Waals surface area contributed by atoms with Gasteiger partial charge >= 0.3 is 5.97 Å². The Bertz CT molecular complexity index is 430. The SMILES string of the molecule is O=C(O)CCCCc1cn(CCOC2CCCCO2)nn1. The molecule has 2 rings (SSSR count). The Morgan fingerprint density at radius 1 is 1.48 bits per heavy atom. The average Bonchev–Trinajstić information content (AvgIpc) is 2.92. The standard InChI is InChI=1S/C14H23N3O4/c18-13(19)6-2-1-5-12-11-17(16-15-12)8-10-21-14-7-3-4-9-20-14/h11,14H,1-10H2,(H,18,19). The van der Waals surface area contributed by atoms with E-state index in [0.717, 1.165) is 44.4 Å². The molecule has 118 valence electrons. The molecule has 0 saturated carbocycles. The molecular weight excluding hydrogens is 274 g/mol. The predicted molar refractivity (Wildman–Crippen MR) is 74.8 cm³/mol. The number of rotatable bonds is 9. The minimum absolute atomic E-state index is 0.0715. The zero-order valence-electron chi connectivity index (χ0n) is 12.2. The molecule has 1 unspecified atom stereocenters. The van der Waals surface area contributed by atoms with Crippen molar-refractivity contribution in [3.8, 4) is 0 Å². The van der Waals surface area contributed by atoms with Crippen LogP contribution in [0.1, 0.15) is 44.2 Å². The summed E-state index contributed by atoms with van der Waals surface area (Å²) in [6.45, 7) is 2.00. The second kappa shape index (κ2) is 8.74. The quantitative estimate of drug-likeness (QED) is 0.697. The van der Waals surface area contributed by atoms with Crippen LogP contribution in [0.15, 0.2) is 6.20 Å². The highest BCUT2D eigenvalue weighted by molar-refractivity contribution is 5.66. The van der Waals surface area contributed by atoms with Gasteiger partial charge in [-0.05, 0) is 38.5 Å². The van der Waals surface area contributed by atoms with Gasteiger partial charge in [0.1, 0.15) is 0 Å². The molecule has 0 spiro atoms. The lowest BCUT2D eigenvalue weighted by molar-refractivity contribution is -0.163. The Labute approximate surface area is 124 Å². The molecule has 1 aliphatic rings. The number of carboxylic acid groups (broad SMARTS) is 1. The second-order valence-electron chi connectivity index (χ2n) is 5.24. The number of carboxylic acids is 1. The molecule has 1 saturated heterocycles. The average molecular weight is 297 g/mol. The maximum atomic E-state index is 10.4. The van der Waals surface area contributed by atoms with Gasteiger partial charge in [-0.2, -0.15) is 0 Å². The molecule has 1 N–H and O–H groups in total.